The zero-order valence-corrected chi connectivity index (χ0v) is 6.78. The van der Waals surface area contributed by atoms with Gasteiger partial charge >= 0.3 is 0 Å². The number of carbonyl (C=O) groups is 1. The second-order valence-electron chi connectivity index (χ2n) is 2.06. The number of hydrogen-bond donors (Lipinski definition) is 1. The maximum atomic E-state index is 10.7. The smallest absolute Gasteiger partial charge is 0.255 e. The van der Waals surface area contributed by atoms with Crippen LogP contribution in [0.25, 0.3) is 0 Å². The molecule has 1 aromatic rings. The van der Waals surface area contributed by atoms with E-state index in [1.54, 1.807) is 0 Å². The van der Waals surface area contributed by atoms with Crippen molar-refractivity contribution in [3.63, 3.8) is 0 Å². The molecule has 0 aliphatic rings. The zero-order chi connectivity index (χ0) is 9.19. The Morgan fingerprint density at radius 3 is 2.58 bits per heavy atom. The van der Waals surface area contributed by atoms with Crippen molar-refractivity contribution in [3.8, 4) is 0 Å². The molecule has 0 atom stereocenters. The SMILES string of the molecule is NS(=O)(=O)c1cccc(C=O)n1. The van der Waals surface area contributed by atoms with E-state index in [0.29, 0.717) is 6.29 Å². The van der Waals surface area contributed by atoms with Gasteiger partial charge in [0, 0.05) is 0 Å². The van der Waals surface area contributed by atoms with E-state index in [1.807, 2.05) is 0 Å². The maximum absolute atomic E-state index is 10.7. The van der Waals surface area contributed by atoms with Crippen molar-refractivity contribution in [3.05, 3.63) is 23.9 Å². The predicted octanol–water partition coefficient (Wildman–Crippen LogP) is -0.459. The van der Waals surface area contributed by atoms with Crippen LogP contribution in [0.3, 0.4) is 0 Å². The largest absolute Gasteiger partial charge is 0.296 e. The molecule has 1 rings (SSSR count). The fourth-order valence-corrected chi connectivity index (χ4v) is 1.16. The van der Waals surface area contributed by atoms with E-state index < -0.39 is 10.0 Å². The van der Waals surface area contributed by atoms with E-state index in [4.69, 9.17) is 5.14 Å². The fraction of sp³-hybridized carbons (Fsp3) is 0. The number of carbonyl (C=O) groups excluding carboxylic acids is 1. The van der Waals surface area contributed by atoms with Crippen LogP contribution < -0.4 is 5.14 Å². The lowest BCUT2D eigenvalue weighted by atomic mass is 10.4. The van der Waals surface area contributed by atoms with Gasteiger partial charge in [0.15, 0.2) is 11.3 Å². The number of sulfonamides is 1. The van der Waals surface area contributed by atoms with Crippen molar-refractivity contribution >= 4 is 16.3 Å². The molecule has 0 bridgehead atoms. The Balaban J connectivity index is 3.29. The van der Waals surface area contributed by atoms with E-state index in [0.717, 1.165) is 0 Å². The van der Waals surface area contributed by atoms with Gasteiger partial charge in [-0.1, -0.05) is 6.07 Å². The third-order valence-electron chi connectivity index (χ3n) is 1.16. The van der Waals surface area contributed by atoms with Gasteiger partial charge in [-0.25, -0.2) is 18.5 Å². The summed E-state index contributed by atoms with van der Waals surface area (Å²) in [7, 11) is -3.81. The maximum Gasteiger partial charge on any atom is 0.255 e. The van der Waals surface area contributed by atoms with Gasteiger partial charge in [0.1, 0.15) is 5.69 Å². The lowest BCUT2D eigenvalue weighted by Gasteiger charge is -1.95. The van der Waals surface area contributed by atoms with Gasteiger partial charge in [0.2, 0.25) is 0 Å². The summed E-state index contributed by atoms with van der Waals surface area (Å²) in [5.41, 5.74) is 0.0431. The van der Waals surface area contributed by atoms with Crippen LogP contribution in [0.2, 0.25) is 0 Å². The molecule has 0 spiro atoms. The van der Waals surface area contributed by atoms with E-state index in [2.05, 4.69) is 4.98 Å². The molecule has 0 aromatic carbocycles. The Kier molecular flexibility index (Phi) is 2.20. The number of nitrogens with two attached hydrogens (primary N) is 1. The van der Waals surface area contributed by atoms with Crippen molar-refractivity contribution in [1.82, 2.24) is 4.98 Å². The highest BCUT2D eigenvalue weighted by Gasteiger charge is 2.08. The molecule has 0 radical (unpaired) electrons. The number of pyridine rings is 1. The van der Waals surface area contributed by atoms with Crippen LogP contribution in [0.1, 0.15) is 10.5 Å². The monoisotopic (exact) mass is 186 g/mol. The number of nitrogens with zero attached hydrogens (tertiary/aromatic N) is 1. The van der Waals surface area contributed by atoms with E-state index in [-0.39, 0.29) is 10.7 Å². The van der Waals surface area contributed by atoms with Gasteiger partial charge < -0.3 is 0 Å². The van der Waals surface area contributed by atoms with Crippen molar-refractivity contribution < 1.29 is 13.2 Å². The highest BCUT2D eigenvalue weighted by Crippen LogP contribution is 2.01. The second-order valence-corrected chi connectivity index (χ2v) is 3.57. The van der Waals surface area contributed by atoms with Gasteiger partial charge in [-0.05, 0) is 12.1 Å². The zero-order valence-electron chi connectivity index (χ0n) is 5.97. The quantitative estimate of drug-likeness (QED) is 0.633. The third kappa shape index (κ3) is 1.86. The summed E-state index contributed by atoms with van der Waals surface area (Å²) in [5, 5.41) is 4.48. The molecule has 2 N–H and O–H groups in total. The molecular formula is C6H6N2O3S. The summed E-state index contributed by atoms with van der Waals surface area (Å²) in [6.07, 6.45) is 0.453. The number of aldehydes is 1. The highest BCUT2D eigenvalue weighted by molar-refractivity contribution is 7.89. The van der Waals surface area contributed by atoms with Crippen LogP contribution in [-0.2, 0) is 10.0 Å². The van der Waals surface area contributed by atoms with Crippen LogP contribution >= 0.6 is 0 Å². The van der Waals surface area contributed by atoms with Crippen LogP contribution in [0.5, 0.6) is 0 Å². The number of rotatable bonds is 2. The average molecular weight is 186 g/mol. The number of aromatic nitrogens is 1. The van der Waals surface area contributed by atoms with Crippen molar-refractivity contribution in [1.29, 1.82) is 0 Å². The van der Waals surface area contributed by atoms with E-state index >= 15 is 0 Å². The fourth-order valence-electron chi connectivity index (χ4n) is 0.655. The molecule has 0 aliphatic carbocycles. The number of hydrogen-bond acceptors (Lipinski definition) is 4. The Morgan fingerprint density at radius 2 is 2.08 bits per heavy atom. The minimum absolute atomic E-state index is 0.0431. The third-order valence-corrected chi connectivity index (χ3v) is 1.97. The average Bonchev–Trinajstić information content (AvgIpc) is 2.03. The van der Waals surface area contributed by atoms with E-state index in [1.165, 1.54) is 18.2 Å². The summed E-state index contributed by atoms with van der Waals surface area (Å²) in [4.78, 5) is 13.7. The van der Waals surface area contributed by atoms with Crippen LogP contribution in [0, 0.1) is 0 Å². The van der Waals surface area contributed by atoms with Gasteiger partial charge in [0.25, 0.3) is 10.0 Å². The first-order valence-corrected chi connectivity index (χ1v) is 4.54. The molecule has 12 heavy (non-hydrogen) atoms. The molecule has 5 nitrogen and oxygen atoms in total. The Bertz CT molecular complexity index is 399. The first-order valence-electron chi connectivity index (χ1n) is 2.99. The number of primary sulfonamides is 1. The standard InChI is InChI=1S/C6H6N2O3S/c7-12(10,11)6-3-1-2-5(4-9)8-6/h1-4H,(H2,7,10,11). The topological polar surface area (TPSA) is 90.1 Å². The summed E-state index contributed by atoms with van der Waals surface area (Å²) in [6, 6.07) is 4.01. The summed E-state index contributed by atoms with van der Waals surface area (Å²) < 4.78 is 21.4. The van der Waals surface area contributed by atoms with Crippen molar-refractivity contribution in [2.75, 3.05) is 0 Å². The Hall–Kier alpha value is -1.27. The molecule has 0 saturated heterocycles. The molecule has 1 aromatic heterocycles. The molecular weight excluding hydrogens is 180 g/mol. The lowest BCUT2D eigenvalue weighted by Crippen LogP contribution is -2.14. The molecule has 0 fully saturated rings. The van der Waals surface area contributed by atoms with Crippen molar-refractivity contribution in [2.24, 2.45) is 5.14 Å². The summed E-state index contributed by atoms with van der Waals surface area (Å²) in [6.45, 7) is 0. The molecule has 0 saturated carbocycles. The van der Waals surface area contributed by atoms with Crippen molar-refractivity contribution in [2.45, 2.75) is 5.03 Å². The Morgan fingerprint density at radius 1 is 1.42 bits per heavy atom. The van der Waals surface area contributed by atoms with Crippen LogP contribution in [-0.4, -0.2) is 19.7 Å². The molecule has 64 valence electrons. The predicted molar refractivity (Wildman–Crippen MR) is 41.0 cm³/mol. The minimum Gasteiger partial charge on any atom is -0.296 e. The van der Waals surface area contributed by atoms with Crippen LogP contribution in [0.4, 0.5) is 0 Å². The highest BCUT2D eigenvalue weighted by atomic mass is 32.2. The molecule has 6 heteroatoms. The first kappa shape index (κ1) is 8.82. The van der Waals surface area contributed by atoms with Gasteiger partial charge in [-0.3, -0.25) is 4.79 Å². The van der Waals surface area contributed by atoms with Crippen LogP contribution in [0.15, 0.2) is 23.2 Å². The molecule has 0 amide bonds. The van der Waals surface area contributed by atoms with Gasteiger partial charge in [-0.2, -0.15) is 0 Å². The molecule has 1 heterocycles. The normalized spacial score (nSPS) is 11.1. The first-order chi connectivity index (χ1) is 5.54. The molecule has 0 aliphatic heterocycles. The summed E-state index contributed by atoms with van der Waals surface area (Å²) >= 11 is 0. The second kappa shape index (κ2) is 3.00. The van der Waals surface area contributed by atoms with E-state index in [9.17, 15) is 13.2 Å². The minimum atomic E-state index is -3.81. The Labute approximate surface area is 69.3 Å². The van der Waals surface area contributed by atoms with Gasteiger partial charge in [-0.15, -0.1) is 0 Å². The lowest BCUT2D eigenvalue weighted by molar-refractivity contribution is 0.111. The molecule has 0 unspecified atom stereocenters. The van der Waals surface area contributed by atoms with Gasteiger partial charge in [0.05, 0.1) is 0 Å². The summed E-state index contributed by atoms with van der Waals surface area (Å²) in [5.74, 6) is 0.